The molecule has 0 unspecified atom stereocenters. The first-order chi connectivity index (χ1) is 10.2. The second-order valence-electron chi connectivity index (χ2n) is 4.28. The molecule has 0 aliphatic heterocycles. The molecule has 0 fully saturated rings. The molecule has 0 spiro atoms. The Morgan fingerprint density at radius 3 is 2.90 bits per heavy atom. The summed E-state index contributed by atoms with van der Waals surface area (Å²) in [6.07, 6.45) is 1.58. The van der Waals surface area contributed by atoms with Gasteiger partial charge in [0.15, 0.2) is 0 Å². The predicted octanol–water partition coefficient (Wildman–Crippen LogP) is 3.05. The Balaban J connectivity index is 2.05. The number of amides is 1. The van der Waals surface area contributed by atoms with Gasteiger partial charge in [0.2, 0.25) is 0 Å². The van der Waals surface area contributed by atoms with Crippen LogP contribution in [0.25, 0.3) is 0 Å². The van der Waals surface area contributed by atoms with Crippen LogP contribution in [0.2, 0.25) is 5.02 Å². The number of rotatable bonds is 6. The summed E-state index contributed by atoms with van der Waals surface area (Å²) < 4.78 is 4.96. The summed E-state index contributed by atoms with van der Waals surface area (Å²) in [6.45, 7) is 1.25. The molecule has 2 rings (SSSR count). The topological polar surface area (TPSA) is 63.2 Å². The van der Waals surface area contributed by atoms with Crippen molar-refractivity contribution >= 4 is 28.9 Å². The van der Waals surface area contributed by atoms with Crippen LogP contribution in [0.5, 0.6) is 0 Å². The number of nitrogens with one attached hydrogen (secondary N) is 2. The van der Waals surface area contributed by atoms with Crippen LogP contribution in [-0.4, -0.2) is 31.2 Å². The Bertz CT molecular complexity index is 619. The van der Waals surface area contributed by atoms with Crippen LogP contribution in [-0.2, 0) is 4.74 Å². The van der Waals surface area contributed by atoms with Crippen molar-refractivity contribution in [2.75, 3.05) is 30.9 Å². The molecule has 0 aliphatic rings. The number of carbonyl (C=O) groups is 1. The van der Waals surface area contributed by atoms with E-state index in [1.807, 2.05) is 0 Å². The van der Waals surface area contributed by atoms with Crippen molar-refractivity contribution < 1.29 is 9.53 Å². The summed E-state index contributed by atoms with van der Waals surface area (Å²) in [5, 5.41) is 6.37. The Morgan fingerprint density at radius 2 is 2.14 bits per heavy atom. The van der Waals surface area contributed by atoms with Crippen LogP contribution in [0.3, 0.4) is 0 Å². The van der Waals surface area contributed by atoms with Crippen molar-refractivity contribution in [1.82, 2.24) is 4.98 Å². The third-order valence-electron chi connectivity index (χ3n) is 2.75. The molecule has 1 amide bonds. The molecule has 2 N–H and O–H groups in total. The lowest BCUT2D eigenvalue weighted by molar-refractivity contribution is 0.102. The molecule has 1 aromatic heterocycles. The number of halogens is 1. The standard InChI is InChI=1S/C15H16ClN3O2/c1-21-9-8-17-11-6-7-18-14(10-11)15(20)19-13-5-3-2-4-12(13)16/h2-7,10H,8-9H2,1H3,(H,17,18)(H,19,20). The fourth-order valence-electron chi connectivity index (χ4n) is 1.71. The van der Waals surface area contributed by atoms with E-state index in [1.165, 1.54) is 0 Å². The smallest absolute Gasteiger partial charge is 0.274 e. The highest BCUT2D eigenvalue weighted by Gasteiger charge is 2.10. The molecule has 0 bridgehead atoms. The van der Waals surface area contributed by atoms with Crippen molar-refractivity contribution in [3.05, 3.63) is 53.3 Å². The summed E-state index contributed by atoms with van der Waals surface area (Å²) in [5.74, 6) is -0.307. The highest BCUT2D eigenvalue weighted by atomic mass is 35.5. The molecule has 21 heavy (non-hydrogen) atoms. The molecule has 0 radical (unpaired) electrons. The maximum absolute atomic E-state index is 12.2. The van der Waals surface area contributed by atoms with Gasteiger partial charge >= 0.3 is 0 Å². The number of aromatic nitrogens is 1. The molecular formula is C15H16ClN3O2. The lowest BCUT2D eigenvalue weighted by Crippen LogP contribution is -2.15. The summed E-state index contributed by atoms with van der Waals surface area (Å²) >= 11 is 6.01. The van der Waals surface area contributed by atoms with Gasteiger partial charge in [-0.3, -0.25) is 9.78 Å². The zero-order valence-corrected chi connectivity index (χ0v) is 12.4. The van der Waals surface area contributed by atoms with Crippen molar-refractivity contribution in [3.63, 3.8) is 0 Å². The molecule has 0 atom stereocenters. The quantitative estimate of drug-likeness (QED) is 0.805. The number of methoxy groups -OCH3 is 1. The van der Waals surface area contributed by atoms with E-state index < -0.39 is 0 Å². The first-order valence-electron chi connectivity index (χ1n) is 6.45. The van der Waals surface area contributed by atoms with E-state index in [0.717, 1.165) is 5.69 Å². The van der Waals surface area contributed by atoms with Crippen LogP contribution in [0.1, 0.15) is 10.5 Å². The summed E-state index contributed by atoms with van der Waals surface area (Å²) in [7, 11) is 1.64. The van der Waals surface area contributed by atoms with Gasteiger partial charge in [-0.1, -0.05) is 23.7 Å². The molecular weight excluding hydrogens is 290 g/mol. The molecule has 1 aromatic carbocycles. The van der Waals surface area contributed by atoms with Crippen LogP contribution in [0.4, 0.5) is 11.4 Å². The molecule has 110 valence electrons. The van der Waals surface area contributed by atoms with E-state index in [2.05, 4.69) is 15.6 Å². The van der Waals surface area contributed by atoms with Gasteiger partial charge in [-0.15, -0.1) is 0 Å². The summed E-state index contributed by atoms with van der Waals surface area (Å²) in [6, 6.07) is 10.5. The lowest BCUT2D eigenvalue weighted by Gasteiger charge is -2.09. The molecule has 0 aliphatic carbocycles. The molecule has 5 nitrogen and oxygen atoms in total. The number of hydrogen-bond acceptors (Lipinski definition) is 4. The molecule has 6 heteroatoms. The Labute approximate surface area is 128 Å². The van der Waals surface area contributed by atoms with Gasteiger partial charge in [-0.2, -0.15) is 0 Å². The van der Waals surface area contributed by atoms with E-state index in [4.69, 9.17) is 16.3 Å². The zero-order valence-electron chi connectivity index (χ0n) is 11.6. The van der Waals surface area contributed by atoms with E-state index in [0.29, 0.717) is 29.6 Å². The Morgan fingerprint density at radius 1 is 1.33 bits per heavy atom. The Hall–Kier alpha value is -2.11. The predicted molar refractivity (Wildman–Crippen MR) is 84.0 cm³/mol. The number of ether oxygens (including phenoxy) is 1. The average Bonchev–Trinajstić information content (AvgIpc) is 2.50. The molecule has 1 heterocycles. The number of benzene rings is 1. The van der Waals surface area contributed by atoms with Gasteiger partial charge in [0.05, 0.1) is 17.3 Å². The lowest BCUT2D eigenvalue weighted by atomic mass is 10.2. The number of nitrogens with zero attached hydrogens (tertiary/aromatic N) is 1. The zero-order chi connectivity index (χ0) is 15.1. The highest BCUT2D eigenvalue weighted by molar-refractivity contribution is 6.33. The van der Waals surface area contributed by atoms with E-state index in [1.54, 1.807) is 49.7 Å². The van der Waals surface area contributed by atoms with E-state index >= 15 is 0 Å². The van der Waals surface area contributed by atoms with E-state index in [9.17, 15) is 4.79 Å². The molecule has 2 aromatic rings. The fraction of sp³-hybridized carbons (Fsp3) is 0.200. The Kier molecular flexibility index (Phi) is 5.54. The summed E-state index contributed by atoms with van der Waals surface area (Å²) in [5.41, 5.74) is 1.69. The normalized spacial score (nSPS) is 10.2. The minimum Gasteiger partial charge on any atom is -0.383 e. The second-order valence-corrected chi connectivity index (χ2v) is 4.69. The van der Waals surface area contributed by atoms with Gasteiger partial charge in [0, 0.05) is 25.5 Å². The van der Waals surface area contributed by atoms with Crippen LogP contribution in [0, 0.1) is 0 Å². The fourth-order valence-corrected chi connectivity index (χ4v) is 1.89. The average molecular weight is 306 g/mol. The highest BCUT2D eigenvalue weighted by Crippen LogP contribution is 2.21. The third kappa shape index (κ3) is 4.44. The van der Waals surface area contributed by atoms with Crippen molar-refractivity contribution in [2.24, 2.45) is 0 Å². The van der Waals surface area contributed by atoms with Crippen LogP contribution >= 0.6 is 11.6 Å². The van der Waals surface area contributed by atoms with Gasteiger partial charge in [-0.05, 0) is 24.3 Å². The number of hydrogen-bond donors (Lipinski definition) is 2. The summed E-state index contributed by atoms with van der Waals surface area (Å²) in [4.78, 5) is 16.2. The van der Waals surface area contributed by atoms with Gasteiger partial charge in [0.1, 0.15) is 5.69 Å². The van der Waals surface area contributed by atoms with E-state index in [-0.39, 0.29) is 5.91 Å². The third-order valence-corrected chi connectivity index (χ3v) is 3.08. The van der Waals surface area contributed by atoms with Crippen molar-refractivity contribution in [2.45, 2.75) is 0 Å². The number of carbonyl (C=O) groups excluding carboxylic acids is 1. The van der Waals surface area contributed by atoms with Gasteiger partial charge in [-0.25, -0.2) is 0 Å². The van der Waals surface area contributed by atoms with Crippen molar-refractivity contribution in [1.29, 1.82) is 0 Å². The largest absolute Gasteiger partial charge is 0.383 e. The minimum atomic E-state index is -0.307. The second kappa shape index (κ2) is 7.61. The number of pyridine rings is 1. The minimum absolute atomic E-state index is 0.307. The van der Waals surface area contributed by atoms with Crippen LogP contribution in [0.15, 0.2) is 42.6 Å². The van der Waals surface area contributed by atoms with Crippen LogP contribution < -0.4 is 10.6 Å². The molecule has 0 saturated carbocycles. The monoisotopic (exact) mass is 305 g/mol. The number of anilines is 2. The molecule has 0 saturated heterocycles. The first kappa shape index (κ1) is 15.3. The SMILES string of the molecule is COCCNc1ccnc(C(=O)Nc2ccccc2Cl)c1. The van der Waals surface area contributed by atoms with Gasteiger partial charge < -0.3 is 15.4 Å². The van der Waals surface area contributed by atoms with Crippen molar-refractivity contribution in [3.8, 4) is 0 Å². The maximum Gasteiger partial charge on any atom is 0.274 e. The first-order valence-corrected chi connectivity index (χ1v) is 6.83. The maximum atomic E-state index is 12.2. The number of para-hydroxylation sites is 1. The van der Waals surface area contributed by atoms with Gasteiger partial charge in [0.25, 0.3) is 5.91 Å².